The van der Waals surface area contributed by atoms with Crippen LogP contribution in [0.25, 0.3) is 0 Å². The number of carbonyl (C=O) groups is 1. The number of rotatable bonds is 4. The molecule has 0 aliphatic heterocycles. The molecular weight excluding hydrogens is 364 g/mol. The Morgan fingerprint density at radius 2 is 1.85 bits per heavy atom. The van der Waals surface area contributed by atoms with Crippen LogP contribution < -0.4 is 10.1 Å². The molecule has 0 spiro atoms. The van der Waals surface area contributed by atoms with E-state index in [1.807, 2.05) is 20.8 Å². The van der Waals surface area contributed by atoms with E-state index in [4.69, 9.17) is 0 Å². The smallest absolute Gasteiger partial charge is 0.406 e. The van der Waals surface area contributed by atoms with Crippen LogP contribution in [0.3, 0.4) is 0 Å². The van der Waals surface area contributed by atoms with E-state index < -0.39 is 23.8 Å². The Morgan fingerprint density at radius 3 is 2.44 bits per heavy atom. The minimum Gasteiger partial charge on any atom is -0.406 e. The lowest BCUT2D eigenvalue weighted by Gasteiger charge is -2.19. The van der Waals surface area contributed by atoms with Crippen LogP contribution in [0.15, 0.2) is 30.5 Å². The highest BCUT2D eigenvalue weighted by Gasteiger charge is 2.31. The van der Waals surface area contributed by atoms with Gasteiger partial charge in [-0.25, -0.2) is 4.39 Å². The van der Waals surface area contributed by atoms with Crippen molar-refractivity contribution in [3.05, 3.63) is 58.7 Å². The number of hydrogen-bond donors (Lipinski definition) is 1. The summed E-state index contributed by atoms with van der Waals surface area (Å²) in [5.74, 6) is -1.77. The lowest BCUT2D eigenvalue weighted by Crippen LogP contribution is -2.25. The fraction of sp³-hybridized carbons (Fsp3) is 0.368. The van der Waals surface area contributed by atoms with Gasteiger partial charge in [0.05, 0.1) is 0 Å². The molecule has 1 aromatic heterocycles. The van der Waals surface area contributed by atoms with Crippen LogP contribution in [0.5, 0.6) is 5.75 Å². The molecule has 1 heterocycles. The molecule has 0 fully saturated rings. The van der Waals surface area contributed by atoms with E-state index in [-0.39, 0.29) is 17.5 Å². The highest BCUT2D eigenvalue weighted by atomic mass is 19.4. The van der Waals surface area contributed by atoms with Gasteiger partial charge in [0.15, 0.2) is 0 Å². The van der Waals surface area contributed by atoms with Gasteiger partial charge >= 0.3 is 6.36 Å². The van der Waals surface area contributed by atoms with E-state index >= 15 is 0 Å². The van der Waals surface area contributed by atoms with Crippen molar-refractivity contribution < 1.29 is 27.1 Å². The molecule has 0 radical (unpaired) electrons. The average Bonchev–Trinajstić information content (AvgIpc) is 2.53. The molecular formula is C19H20F4N2O2. The van der Waals surface area contributed by atoms with Crippen LogP contribution in [0.4, 0.5) is 17.6 Å². The van der Waals surface area contributed by atoms with Gasteiger partial charge in [0, 0.05) is 35.0 Å². The van der Waals surface area contributed by atoms with Gasteiger partial charge in [-0.1, -0.05) is 20.8 Å². The van der Waals surface area contributed by atoms with Gasteiger partial charge in [-0.15, -0.1) is 13.2 Å². The Hall–Kier alpha value is -2.64. The molecule has 1 aromatic carbocycles. The molecule has 2 rings (SSSR count). The molecule has 0 saturated heterocycles. The van der Waals surface area contributed by atoms with E-state index in [0.717, 1.165) is 18.2 Å². The van der Waals surface area contributed by atoms with Crippen LogP contribution in [-0.2, 0) is 12.0 Å². The van der Waals surface area contributed by atoms with Gasteiger partial charge in [-0.05, 0) is 36.8 Å². The highest BCUT2D eigenvalue weighted by molar-refractivity contribution is 5.95. The van der Waals surface area contributed by atoms with Crippen molar-refractivity contribution in [3.8, 4) is 5.75 Å². The summed E-state index contributed by atoms with van der Waals surface area (Å²) in [4.78, 5) is 16.8. The van der Waals surface area contributed by atoms with Crippen LogP contribution in [0, 0.1) is 12.7 Å². The number of nitrogens with zero attached hydrogens (tertiary/aromatic N) is 1. The molecule has 8 heteroatoms. The second-order valence-corrected chi connectivity index (χ2v) is 7.12. The summed E-state index contributed by atoms with van der Waals surface area (Å²) in [5, 5.41) is 2.52. The summed E-state index contributed by atoms with van der Waals surface area (Å²) >= 11 is 0. The van der Waals surface area contributed by atoms with E-state index in [1.165, 1.54) is 0 Å². The second-order valence-electron chi connectivity index (χ2n) is 7.12. The first-order chi connectivity index (χ1) is 12.4. The molecule has 1 N–H and O–H groups in total. The fourth-order valence-electron chi connectivity index (χ4n) is 2.33. The molecule has 0 aliphatic carbocycles. The predicted molar refractivity (Wildman–Crippen MR) is 91.9 cm³/mol. The van der Waals surface area contributed by atoms with E-state index in [9.17, 15) is 22.4 Å². The van der Waals surface area contributed by atoms with Crippen molar-refractivity contribution in [2.75, 3.05) is 0 Å². The monoisotopic (exact) mass is 384 g/mol. The average molecular weight is 384 g/mol. The third kappa shape index (κ3) is 5.67. The third-order valence-corrected chi connectivity index (χ3v) is 3.81. The van der Waals surface area contributed by atoms with Gasteiger partial charge in [-0.3, -0.25) is 9.78 Å². The molecule has 0 aliphatic rings. The number of halogens is 4. The first-order valence-corrected chi connectivity index (χ1v) is 8.16. The lowest BCUT2D eigenvalue weighted by molar-refractivity contribution is -0.274. The number of alkyl halides is 3. The number of amides is 1. The Morgan fingerprint density at radius 1 is 1.19 bits per heavy atom. The number of benzene rings is 1. The summed E-state index contributed by atoms with van der Waals surface area (Å²) in [5.41, 5.74) is 1.34. The third-order valence-electron chi connectivity index (χ3n) is 3.81. The molecule has 146 valence electrons. The van der Waals surface area contributed by atoms with Crippen molar-refractivity contribution in [1.29, 1.82) is 0 Å². The number of nitrogens with one attached hydrogen (secondary N) is 1. The number of carbonyl (C=O) groups excluding carboxylic acids is 1. The Balaban J connectivity index is 2.17. The van der Waals surface area contributed by atoms with Crippen molar-refractivity contribution in [3.63, 3.8) is 0 Å². The van der Waals surface area contributed by atoms with Crippen LogP contribution in [0.2, 0.25) is 0 Å². The lowest BCUT2D eigenvalue weighted by atomic mass is 9.90. The standard InChI is InChI=1S/C19H20F4N2O2/c1-11-9-24-16(18(2,3)4)8-14(11)17(26)25-10-12-7-13(5-6-15(12)20)27-19(21,22)23/h5-9H,10H2,1-4H3,(H,25,26). The van der Waals surface area contributed by atoms with Crippen molar-refractivity contribution in [2.45, 2.75) is 46.0 Å². The van der Waals surface area contributed by atoms with Gasteiger partial charge in [0.2, 0.25) is 0 Å². The summed E-state index contributed by atoms with van der Waals surface area (Å²) in [6.07, 6.45) is -3.30. The van der Waals surface area contributed by atoms with Crippen LogP contribution in [-0.4, -0.2) is 17.3 Å². The number of pyridine rings is 1. The number of ether oxygens (including phenoxy) is 1. The van der Waals surface area contributed by atoms with Crippen LogP contribution in [0.1, 0.15) is 48.0 Å². The zero-order valence-electron chi connectivity index (χ0n) is 15.4. The maximum absolute atomic E-state index is 13.9. The molecule has 0 unspecified atom stereocenters. The van der Waals surface area contributed by atoms with E-state index in [0.29, 0.717) is 16.8 Å². The second kappa shape index (κ2) is 7.54. The maximum Gasteiger partial charge on any atom is 0.573 e. The van der Waals surface area contributed by atoms with Gasteiger partial charge < -0.3 is 10.1 Å². The molecule has 0 bridgehead atoms. The molecule has 27 heavy (non-hydrogen) atoms. The van der Waals surface area contributed by atoms with Gasteiger partial charge in [0.25, 0.3) is 5.91 Å². The summed E-state index contributed by atoms with van der Waals surface area (Å²) in [6, 6.07) is 4.29. The zero-order valence-corrected chi connectivity index (χ0v) is 15.4. The van der Waals surface area contributed by atoms with Crippen molar-refractivity contribution in [2.24, 2.45) is 0 Å². The van der Waals surface area contributed by atoms with Crippen molar-refractivity contribution >= 4 is 5.91 Å². The minimum absolute atomic E-state index is 0.118. The van der Waals surface area contributed by atoms with Gasteiger partial charge in [0.1, 0.15) is 11.6 Å². The highest BCUT2D eigenvalue weighted by Crippen LogP contribution is 2.25. The molecule has 1 amide bonds. The Bertz CT molecular complexity index is 843. The van der Waals surface area contributed by atoms with E-state index in [1.54, 1.807) is 19.2 Å². The van der Waals surface area contributed by atoms with Crippen LogP contribution >= 0.6 is 0 Å². The number of hydrogen-bond acceptors (Lipinski definition) is 3. The summed E-state index contributed by atoms with van der Waals surface area (Å²) in [6.45, 7) is 7.29. The Labute approximate surface area is 154 Å². The maximum atomic E-state index is 13.9. The van der Waals surface area contributed by atoms with Crippen molar-refractivity contribution in [1.82, 2.24) is 10.3 Å². The largest absolute Gasteiger partial charge is 0.573 e. The molecule has 0 atom stereocenters. The molecule has 2 aromatic rings. The first-order valence-electron chi connectivity index (χ1n) is 8.16. The number of aromatic nitrogens is 1. The number of aryl methyl sites for hydroxylation is 1. The first kappa shape index (κ1) is 20.7. The zero-order chi connectivity index (χ0) is 20.4. The van der Waals surface area contributed by atoms with Gasteiger partial charge in [-0.2, -0.15) is 0 Å². The topological polar surface area (TPSA) is 51.2 Å². The summed E-state index contributed by atoms with van der Waals surface area (Å²) in [7, 11) is 0. The molecule has 4 nitrogen and oxygen atoms in total. The Kier molecular flexibility index (Phi) is 5.77. The predicted octanol–water partition coefficient (Wildman–Crippen LogP) is 4.66. The molecule has 0 saturated carbocycles. The normalized spacial score (nSPS) is 12.0. The van der Waals surface area contributed by atoms with E-state index in [2.05, 4.69) is 15.0 Å². The fourth-order valence-corrected chi connectivity index (χ4v) is 2.33. The SMILES string of the molecule is Cc1cnc(C(C)(C)C)cc1C(=O)NCc1cc(OC(F)(F)F)ccc1F. The quantitative estimate of drug-likeness (QED) is 0.781. The minimum atomic E-state index is -4.88. The summed E-state index contributed by atoms with van der Waals surface area (Å²) < 4.78 is 54.5.